The third-order valence-corrected chi connectivity index (χ3v) is 4.02. The molecule has 0 aliphatic heterocycles. The van der Waals surface area contributed by atoms with Crippen molar-refractivity contribution in [3.63, 3.8) is 0 Å². The molecule has 2 aromatic carbocycles. The molecule has 2 aromatic rings. The molecule has 0 fully saturated rings. The lowest BCUT2D eigenvalue weighted by Crippen LogP contribution is -2.34. The van der Waals surface area contributed by atoms with E-state index in [0.29, 0.717) is 21.3 Å². The number of para-hydroxylation sites is 1. The second kappa shape index (κ2) is 7.40. The van der Waals surface area contributed by atoms with Gasteiger partial charge in [-0.1, -0.05) is 35.3 Å². The normalized spacial score (nSPS) is 10.0. The number of rotatable bonds is 2. The number of amides is 1. The van der Waals surface area contributed by atoms with E-state index in [0.717, 1.165) is 3.57 Å². The lowest BCUT2D eigenvalue weighted by atomic mass is 10.2. The molecule has 0 heterocycles. The molecule has 0 saturated heterocycles. The summed E-state index contributed by atoms with van der Waals surface area (Å²) in [6, 6.07) is 12.3. The zero-order valence-electron chi connectivity index (χ0n) is 10.5. The number of halogens is 3. The van der Waals surface area contributed by atoms with E-state index in [1.807, 2.05) is 6.07 Å². The van der Waals surface area contributed by atoms with Crippen LogP contribution in [0.15, 0.2) is 42.5 Å². The summed E-state index contributed by atoms with van der Waals surface area (Å²) in [5, 5.41) is 6.40. The quantitative estimate of drug-likeness (QED) is 0.513. The minimum atomic E-state index is -0.297. The Labute approximate surface area is 151 Å². The van der Waals surface area contributed by atoms with E-state index in [1.54, 1.807) is 36.4 Å². The van der Waals surface area contributed by atoms with Gasteiger partial charge in [-0.05, 0) is 65.1 Å². The number of carbonyl (C=O) groups excluding carboxylic acids is 1. The molecule has 0 atom stereocenters. The Kier molecular flexibility index (Phi) is 5.80. The van der Waals surface area contributed by atoms with Crippen molar-refractivity contribution in [2.24, 2.45) is 0 Å². The molecular weight excluding hydrogens is 442 g/mol. The largest absolute Gasteiger partial charge is 0.330 e. The smallest absolute Gasteiger partial charge is 0.257 e. The molecule has 0 radical (unpaired) electrons. The van der Waals surface area contributed by atoms with E-state index in [-0.39, 0.29) is 11.0 Å². The summed E-state index contributed by atoms with van der Waals surface area (Å²) >= 11 is 19.3. The molecule has 0 bridgehead atoms. The standard InChI is InChI=1S/C14H9Cl2IN2OS/c15-10-5-2-6-11(16)12(10)18-14(21)19-13(20)8-3-1-4-9(17)7-8/h1-7H,(H2,18,19,20,21). The molecule has 2 N–H and O–H groups in total. The lowest BCUT2D eigenvalue weighted by Gasteiger charge is -2.12. The van der Waals surface area contributed by atoms with Gasteiger partial charge in [0.2, 0.25) is 0 Å². The van der Waals surface area contributed by atoms with E-state index in [1.165, 1.54) is 0 Å². The Morgan fingerprint density at radius 1 is 1.10 bits per heavy atom. The molecule has 0 aliphatic rings. The number of hydrogen-bond donors (Lipinski definition) is 2. The molecule has 21 heavy (non-hydrogen) atoms. The Balaban J connectivity index is 2.07. The second-order valence-electron chi connectivity index (χ2n) is 4.02. The first kappa shape index (κ1) is 16.5. The Morgan fingerprint density at radius 2 is 1.71 bits per heavy atom. The highest BCUT2D eigenvalue weighted by Crippen LogP contribution is 2.29. The minimum absolute atomic E-state index is 0.133. The van der Waals surface area contributed by atoms with Crippen LogP contribution in [-0.2, 0) is 0 Å². The van der Waals surface area contributed by atoms with Crippen LogP contribution in [-0.4, -0.2) is 11.0 Å². The number of hydrogen-bond acceptors (Lipinski definition) is 2. The van der Waals surface area contributed by atoms with Crippen molar-refractivity contribution in [3.8, 4) is 0 Å². The maximum atomic E-state index is 12.1. The molecule has 2 rings (SSSR count). The molecule has 0 aliphatic carbocycles. The van der Waals surface area contributed by atoms with Crippen molar-refractivity contribution in [1.29, 1.82) is 0 Å². The third kappa shape index (κ3) is 4.54. The second-order valence-corrected chi connectivity index (χ2v) is 6.48. The molecular formula is C14H9Cl2IN2OS. The maximum Gasteiger partial charge on any atom is 0.257 e. The van der Waals surface area contributed by atoms with Gasteiger partial charge in [0.15, 0.2) is 5.11 Å². The molecule has 0 aromatic heterocycles. The van der Waals surface area contributed by atoms with Gasteiger partial charge in [-0.3, -0.25) is 10.1 Å². The Bertz CT molecular complexity index is 689. The fourth-order valence-corrected chi connectivity index (χ4v) is 2.80. The van der Waals surface area contributed by atoms with Crippen LogP contribution in [0, 0.1) is 3.57 Å². The zero-order valence-corrected chi connectivity index (χ0v) is 15.0. The Hall–Kier alpha value is -0.890. The number of carbonyl (C=O) groups is 1. The Morgan fingerprint density at radius 3 is 2.33 bits per heavy atom. The summed E-state index contributed by atoms with van der Waals surface area (Å²) < 4.78 is 0.966. The number of nitrogens with one attached hydrogen (secondary N) is 2. The fourth-order valence-electron chi connectivity index (χ4n) is 1.57. The predicted molar refractivity (Wildman–Crippen MR) is 99.3 cm³/mol. The molecule has 1 amide bonds. The van der Waals surface area contributed by atoms with Gasteiger partial charge >= 0.3 is 0 Å². The summed E-state index contributed by atoms with van der Waals surface area (Å²) in [7, 11) is 0. The van der Waals surface area contributed by atoms with Gasteiger partial charge in [0.1, 0.15) is 0 Å². The number of anilines is 1. The van der Waals surface area contributed by atoms with Gasteiger partial charge in [-0.2, -0.15) is 0 Å². The first-order valence-corrected chi connectivity index (χ1v) is 8.03. The monoisotopic (exact) mass is 450 g/mol. The van der Waals surface area contributed by atoms with Crippen molar-refractivity contribution < 1.29 is 4.79 Å². The topological polar surface area (TPSA) is 41.1 Å². The summed E-state index contributed by atoms with van der Waals surface area (Å²) in [5.41, 5.74) is 0.991. The average molecular weight is 451 g/mol. The predicted octanol–water partition coefficient (Wildman–Crippen LogP) is 4.72. The highest BCUT2D eigenvalue weighted by molar-refractivity contribution is 14.1. The van der Waals surface area contributed by atoms with Crippen LogP contribution in [0.2, 0.25) is 10.0 Å². The van der Waals surface area contributed by atoms with Gasteiger partial charge in [-0.25, -0.2) is 0 Å². The van der Waals surface area contributed by atoms with Gasteiger partial charge in [0.25, 0.3) is 5.91 Å². The summed E-state index contributed by atoms with van der Waals surface area (Å²) in [5.74, 6) is -0.297. The fraction of sp³-hybridized carbons (Fsp3) is 0. The van der Waals surface area contributed by atoms with E-state index < -0.39 is 0 Å². The first-order chi connectivity index (χ1) is 9.97. The van der Waals surface area contributed by atoms with Crippen LogP contribution >= 0.6 is 58.0 Å². The van der Waals surface area contributed by atoms with Crippen LogP contribution < -0.4 is 10.6 Å². The van der Waals surface area contributed by atoms with E-state index >= 15 is 0 Å². The van der Waals surface area contributed by atoms with Crippen LogP contribution in [0.25, 0.3) is 0 Å². The van der Waals surface area contributed by atoms with Crippen molar-refractivity contribution >= 4 is 74.7 Å². The molecule has 3 nitrogen and oxygen atoms in total. The van der Waals surface area contributed by atoms with Gasteiger partial charge in [0, 0.05) is 9.13 Å². The van der Waals surface area contributed by atoms with Crippen molar-refractivity contribution in [1.82, 2.24) is 5.32 Å². The SMILES string of the molecule is O=C(NC(=S)Nc1c(Cl)cccc1Cl)c1cccc(I)c1. The van der Waals surface area contributed by atoms with Crippen LogP contribution in [0.5, 0.6) is 0 Å². The zero-order chi connectivity index (χ0) is 15.4. The van der Waals surface area contributed by atoms with Gasteiger partial charge in [-0.15, -0.1) is 0 Å². The van der Waals surface area contributed by atoms with Crippen molar-refractivity contribution in [2.45, 2.75) is 0 Å². The highest BCUT2D eigenvalue weighted by Gasteiger charge is 2.11. The average Bonchev–Trinajstić information content (AvgIpc) is 2.43. The summed E-state index contributed by atoms with van der Waals surface area (Å²) in [6.45, 7) is 0. The minimum Gasteiger partial charge on any atom is -0.330 e. The van der Waals surface area contributed by atoms with Crippen LogP contribution in [0.1, 0.15) is 10.4 Å². The maximum absolute atomic E-state index is 12.1. The molecule has 0 spiro atoms. The summed E-state index contributed by atoms with van der Waals surface area (Å²) in [4.78, 5) is 12.1. The molecule has 7 heteroatoms. The number of thiocarbonyl (C=S) groups is 1. The van der Waals surface area contributed by atoms with Crippen LogP contribution in [0.4, 0.5) is 5.69 Å². The van der Waals surface area contributed by atoms with Gasteiger partial charge in [0.05, 0.1) is 15.7 Å². The van der Waals surface area contributed by atoms with E-state index in [2.05, 4.69) is 33.2 Å². The van der Waals surface area contributed by atoms with E-state index in [4.69, 9.17) is 35.4 Å². The number of benzene rings is 2. The highest BCUT2D eigenvalue weighted by atomic mass is 127. The molecule has 108 valence electrons. The molecule has 0 saturated carbocycles. The van der Waals surface area contributed by atoms with Crippen LogP contribution in [0.3, 0.4) is 0 Å². The van der Waals surface area contributed by atoms with Gasteiger partial charge < -0.3 is 5.32 Å². The molecule has 0 unspecified atom stereocenters. The first-order valence-electron chi connectivity index (χ1n) is 5.79. The summed E-state index contributed by atoms with van der Waals surface area (Å²) in [6.07, 6.45) is 0. The van der Waals surface area contributed by atoms with Crippen molar-refractivity contribution in [2.75, 3.05) is 5.32 Å². The third-order valence-electron chi connectivity index (χ3n) is 2.52. The van der Waals surface area contributed by atoms with Crippen molar-refractivity contribution in [3.05, 3.63) is 61.6 Å². The lowest BCUT2D eigenvalue weighted by molar-refractivity contribution is 0.0977. The van der Waals surface area contributed by atoms with E-state index in [9.17, 15) is 4.79 Å².